The van der Waals surface area contributed by atoms with E-state index in [4.69, 9.17) is 0 Å². The van der Waals surface area contributed by atoms with Gasteiger partial charge < -0.3 is 4.90 Å². The van der Waals surface area contributed by atoms with Gasteiger partial charge in [0.1, 0.15) is 6.07 Å². The van der Waals surface area contributed by atoms with Crippen LogP contribution in [0.5, 0.6) is 0 Å². The first-order valence-electron chi connectivity index (χ1n) is 9.29. The molecule has 4 nitrogen and oxygen atoms in total. The summed E-state index contributed by atoms with van der Waals surface area (Å²) in [6, 6.07) is 15.8. The molecule has 0 radical (unpaired) electrons. The van der Waals surface area contributed by atoms with Crippen LogP contribution < -0.4 is 0 Å². The molecule has 4 rings (SSSR count). The number of carbonyl (C=O) groups excluding carboxylic acids is 2. The van der Waals surface area contributed by atoms with E-state index >= 15 is 0 Å². The van der Waals surface area contributed by atoms with Crippen molar-refractivity contribution in [3.63, 3.8) is 0 Å². The highest BCUT2D eigenvalue weighted by Gasteiger charge is 2.48. The Hall–Kier alpha value is -2.93. The monoisotopic (exact) mass is 358 g/mol. The number of ketones is 1. The van der Waals surface area contributed by atoms with E-state index in [0.29, 0.717) is 25.1 Å². The van der Waals surface area contributed by atoms with Crippen molar-refractivity contribution in [2.45, 2.75) is 26.7 Å². The number of hydrogen-bond acceptors (Lipinski definition) is 3. The fourth-order valence-corrected chi connectivity index (χ4v) is 4.67. The van der Waals surface area contributed by atoms with Gasteiger partial charge >= 0.3 is 0 Å². The normalized spacial score (nSPS) is 24.1. The van der Waals surface area contributed by atoms with Crippen LogP contribution in [-0.4, -0.2) is 29.7 Å². The van der Waals surface area contributed by atoms with Gasteiger partial charge in [0.2, 0.25) is 0 Å². The molecular formula is C23H22N2O2. The molecule has 0 saturated carbocycles. The van der Waals surface area contributed by atoms with Crippen LogP contribution in [0.2, 0.25) is 0 Å². The minimum absolute atomic E-state index is 0.0132. The molecule has 1 amide bonds. The summed E-state index contributed by atoms with van der Waals surface area (Å²) in [4.78, 5) is 27.3. The Morgan fingerprint density at radius 2 is 1.89 bits per heavy atom. The van der Waals surface area contributed by atoms with Crippen molar-refractivity contribution in [2.24, 2.45) is 10.8 Å². The van der Waals surface area contributed by atoms with Crippen LogP contribution in [0.1, 0.15) is 37.0 Å². The third kappa shape index (κ3) is 2.94. The summed E-state index contributed by atoms with van der Waals surface area (Å²) in [5.41, 5.74) is 0.0733. The Morgan fingerprint density at radius 3 is 2.63 bits per heavy atom. The van der Waals surface area contributed by atoms with E-state index in [9.17, 15) is 14.9 Å². The first-order valence-corrected chi connectivity index (χ1v) is 9.29. The number of rotatable bonds is 1. The Balaban J connectivity index is 1.62. The third-order valence-corrected chi connectivity index (χ3v) is 5.89. The van der Waals surface area contributed by atoms with Crippen LogP contribution in [-0.2, 0) is 4.79 Å². The van der Waals surface area contributed by atoms with E-state index in [-0.39, 0.29) is 22.7 Å². The van der Waals surface area contributed by atoms with E-state index in [1.54, 1.807) is 0 Å². The van der Waals surface area contributed by atoms with E-state index in [1.807, 2.05) is 67.3 Å². The van der Waals surface area contributed by atoms with Crippen molar-refractivity contribution in [1.29, 1.82) is 5.26 Å². The predicted molar refractivity (Wildman–Crippen MR) is 104 cm³/mol. The summed E-state index contributed by atoms with van der Waals surface area (Å²) >= 11 is 0. The molecule has 1 spiro atoms. The number of likely N-dealkylation sites (tertiary alicyclic amines) is 1. The summed E-state index contributed by atoms with van der Waals surface area (Å²) in [6.45, 7) is 5.00. The molecule has 2 aliphatic rings. The number of benzene rings is 2. The van der Waals surface area contributed by atoms with Crippen LogP contribution in [0.25, 0.3) is 10.8 Å². The largest absolute Gasteiger partial charge is 0.338 e. The Kier molecular flexibility index (Phi) is 3.92. The molecule has 0 N–H and O–H groups in total. The van der Waals surface area contributed by atoms with Crippen molar-refractivity contribution in [3.8, 4) is 6.07 Å². The summed E-state index contributed by atoms with van der Waals surface area (Å²) < 4.78 is 0. The fraction of sp³-hybridized carbons (Fsp3) is 0.348. The molecule has 1 atom stereocenters. The van der Waals surface area contributed by atoms with Crippen molar-refractivity contribution in [3.05, 3.63) is 59.7 Å². The van der Waals surface area contributed by atoms with Gasteiger partial charge in [0, 0.05) is 29.5 Å². The van der Waals surface area contributed by atoms with Crippen LogP contribution in [0.3, 0.4) is 0 Å². The topological polar surface area (TPSA) is 61.2 Å². The molecule has 1 heterocycles. The van der Waals surface area contributed by atoms with Crippen LogP contribution in [0.4, 0.5) is 0 Å². The van der Waals surface area contributed by atoms with Gasteiger partial charge in [-0.3, -0.25) is 9.59 Å². The number of allylic oxidation sites excluding steroid dienone is 1. The Bertz CT molecular complexity index is 1030. The average molecular weight is 358 g/mol. The maximum Gasteiger partial charge on any atom is 0.253 e. The second-order valence-corrected chi connectivity index (χ2v) is 8.46. The summed E-state index contributed by atoms with van der Waals surface area (Å²) in [6.07, 6.45) is 3.29. The van der Waals surface area contributed by atoms with E-state index in [2.05, 4.69) is 6.07 Å². The number of Topliss-reactive ketones (excluding diaryl/α,β-unsaturated/α-hetero) is 1. The second-order valence-electron chi connectivity index (χ2n) is 8.46. The number of hydrogen-bond donors (Lipinski definition) is 0. The smallest absolute Gasteiger partial charge is 0.253 e. The molecule has 136 valence electrons. The Labute approximate surface area is 159 Å². The molecule has 1 saturated heterocycles. The molecule has 4 heteroatoms. The zero-order valence-electron chi connectivity index (χ0n) is 15.7. The number of nitrogens with zero attached hydrogens (tertiary/aromatic N) is 2. The molecule has 27 heavy (non-hydrogen) atoms. The van der Waals surface area contributed by atoms with Crippen molar-refractivity contribution in [2.75, 3.05) is 13.1 Å². The molecule has 2 aromatic carbocycles. The van der Waals surface area contributed by atoms with Gasteiger partial charge in [-0.15, -0.1) is 0 Å². The van der Waals surface area contributed by atoms with Crippen molar-refractivity contribution < 1.29 is 9.59 Å². The molecular weight excluding hydrogens is 336 g/mol. The van der Waals surface area contributed by atoms with Gasteiger partial charge in [-0.2, -0.15) is 5.26 Å². The highest BCUT2D eigenvalue weighted by atomic mass is 16.2. The molecule has 1 fully saturated rings. The lowest BCUT2D eigenvalue weighted by Crippen LogP contribution is -2.40. The first-order chi connectivity index (χ1) is 12.8. The van der Waals surface area contributed by atoms with Gasteiger partial charge in [-0.05, 0) is 35.7 Å². The molecule has 2 aromatic rings. The minimum Gasteiger partial charge on any atom is -0.338 e. The number of carbonyl (C=O) groups is 2. The number of nitriles is 1. The highest BCUT2D eigenvalue weighted by molar-refractivity contribution is 6.04. The third-order valence-electron chi connectivity index (χ3n) is 5.89. The minimum atomic E-state index is -0.568. The van der Waals surface area contributed by atoms with Gasteiger partial charge in [0.15, 0.2) is 5.78 Å². The van der Waals surface area contributed by atoms with Crippen LogP contribution in [0, 0.1) is 22.2 Å². The van der Waals surface area contributed by atoms with E-state index in [1.165, 1.54) is 0 Å². The maximum atomic E-state index is 13.1. The average Bonchev–Trinajstić information content (AvgIpc) is 3.06. The van der Waals surface area contributed by atoms with Crippen molar-refractivity contribution in [1.82, 2.24) is 4.90 Å². The lowest BCUT2D eigenvalue weighted by Gasteiger charge is -2.38. The first kappa shape index (κ1) is 17.5. The summed E-state index contributed by atoms with van der Waals surface area (Å²) in [5, 5.41) is 11.5. The summed E-state index contributed by atoms with van der Waals surface area (Å²) in [5.74, 6) is -0.0748. The Morgan fingerprint density at radius 1 is 1.15 bits per heavy atom. The van der Waals surface area contributed by atoms with Crippen LogP contribution >= 0.6 is 0 Å². The summed E-state index contributed by atoms with van der Waals surface area (Å²) in [7, 11) is 0. The quantitative estimate of drug-likeness (QED) is 0.770. The van der Waals surface area contributed by atoms with E-state index in [0.717, 1.165) is 17.2 Å². The molecule has 1 aliphatic heterocycles. The molecule has 0 bridgehead atoms. The number of fused-ring (bicyclic) bond motifs is 1. The predicted octanol–water partition coefficient (Wildman–Crippen LogP) is 4.12. The standard InChI is InChI=1S/C23H22N2O2/c1-22(2)14-23(12-19(13-24)20(22)26)9-10-25(15-23)21(27)18-8-7-16-5-3-4-6-17(16)11-18/h3-8,11-12H,9-10,14-15H2,1-2H3/t23-/m1/s1. The molecule has 0 unspecified atom stereocenters. The van der Waals surface area contributed by atoms with Crippen molar-refractivity contribution >= 4 is 22.5 Å². The van der Waals surface area contributed by atoms with Gasteiger partial charge in [-0.1, -0.05) is 50.3 Å². The zero-order chi connectivity index (χ0) is 19.2. The SMILES string of the molecule is CC1(C)C[C@]2(C=C(C#N)C1=O)CCN(C(=O)c1ccc3ccccc3c1)C2. The highest BCUT2D eigenvalue weighted by Crippen LogP contribution is 2.48. The van der Waals surface area contributed by atoms with Gasteiger partial charge in [0.25, 0.3) is 5.91 Å². The fourth-order valence-electron chi connectivity index (χ4n) is 4.67. The van der Waals surface area contributed by atoms with Gasteiger partial charge in [0.05, 0.1) is 5.57 Å². The second kappa shape index (κ2) is 6.06. The number of amides is 1. The van der Waals surface area contributed by atoms with Gasteiger partial charge in [-0.25, -0.2) is 0 Å². The van der Waals surface area contributed by atoms with E-state index < -0.39 is 5.41 Å². The zero-order valence-corrected chi connectivity index (χ0v) is 15.7. The lowest BCUT2D eigenvalue weighted by atomic mass is 9.64. The lowest BCUT2D eigenvalue weighted by molar-refractivity contribution is -0.125. The van der Waals surface area contributed by atoms with Crippen LogP contribution in [0.15, 0.2) is 54.1 Å². The maximum absolute atomic E-state index is 13.1. The molecule has 1 aliphatic carbocycles. The molecule has 0 aromatic heterocycles.